The Bertz CT molecular complexity index is 202. The fraction of sp³-hybridized carbons (Fsp3) is 0.917. The van der Waals surface area contributed by atoms with Crippen LogP contribution < -0.4 is 11.5 Å². The van der Waals surface area contributed by atoms with E-state index < -0.39 is 12.0 Å². The molecular formula is C12H27N3O2. The van der Waals surface area contributed by atoms with Crippen molar-refractivity contribution in [1.29, 1.82) is 0 Å². The van der Waals surface area contributed by atoms with Gasteiger partial charge in [0.2, 0.25) is 0 Å². The van der Waals surface area contributed by atoms with E-state index in [1.807, 2.05) is 18.7 Å². The minimum absolute atomic E-state index is 0.370. The van der Waals surface area contributed by atoms with Crippen LogP contribution in [0.1, 0.15) is 33.1 Å². The number of nitrogens with zero attached hydrogens (tertiary/aromatic N) is 1. The largest absolute Gasteiger partial charge is 0.480 e. The van der Waals surface area contributed by atoms with Crippen molar-refractivity contribution in [3.63, 3.8) is 0 Å². The van der Waals surface area contributed by atoms with Crippen molar-refractivity contribution in [3.05, 3.63) is 0 Å². The molecule has 5 N–H and O–H groups in total. The van der Waals surface area contributed by atoms with Crippen LogP contribution in [0.3, 0.4) is 0 Å². The Kier molecular flexibility index (Phi) is 9.03. The number of hydrogen-bond donors (Lipinski definition) is 3. The highest BCUT2D eigenvalue weighted by molar-refractivity contribution is 5.73. The lowest BCUT2D eigenvalue weighted by atomic mass is 10.0. The number of nitrogens with two attached hydrogens (primary N) is 2. The summed E-state index contributed by atoms with van der Waals surface area (Å²) in [5.74, 6) is -0.373. The zero-order valence-corrected chi connectivity index (χ0v) is 11.1. The predicted molar refractivity (Wildman–Crippen MR) is 69.8 cm³/mol. The summed E-state index contributed by atoms with van der Waals surface area (Å²) >= 11 is 0. The van der Waals surface area contributed by atoms with E-state index in [-0.39, 0.29) is 0 Å². The highest BCUT2D eigenvalue weighted by Gasteiger charge is 2.25. The van der Waals surface area contributed by atoms with Gasteiger partial charge in [0.05, 0.1) is 0 Å². The zero-order chi connectivity index (χ0) is 13.3. The standard InChI is InChI=1S/C12H27N3O2/c1-10(2)9-11(12(16)17)15(7-3-5-13)8-4-6-14/h10-11H,3-9,13-14H2,1-2H3,(H,16,17)/t11-/m0/s1. The zero-order valence-electron chi connectivity index (χ0n) is 11.1. The van der Waals surface area contributed by atoms with Gasteiger partial charge in [-0.1, -0.05) is 13.8 Å². The van der Waals surface area contributed by atoms with Crippen molar-refractivity contribution in [2.45, 2.75) is 39.2 Å². The summed E-state index contributed by atoms with van der Waals surface area (Å²) < 4.78 is 0. The Hall–Kier alpha value is -0.650. The molecule has 1 atom stereocenters. The first kappa shape index (κ1) is 16.4. The molecule has 0 heterocycles. The van der Waals surface area contributed by atoms with Gasteiger partial charge in [-0.2, -0.15) is 0 Å². The minimum atomic E-state index is -0.743. The Balaban J connectivity index is 4.48. The summed E-state index contributed by atoms with van der Waals surface area (Å²) in [4.78, 5) is 13.3. The number of carboxylic acids is 1. The molecule has 0 spiro atoms. The molecule has 0 aromatic rings. The molecule has 0 fully saturated rings. The van der Waals surface area contributed by atoms with E-state index in [1.54, 1.807) is 0 Å². The van der Waals surface area contributed by atoms with Crippen LogP contribution in [0.5, 0.6) is 0 Å². The third-order valence-electron chi connectivity index (χ3n) is 2.72. The molecule has 0 aliphatic rings. The van der Waals surface area contributed by atoms with Gasteiger partial charge in [0.15, 0.2) is 0 Å². The molecule has 5 nitrogen and oxygen atoms in total. The average molecular weight is 245 g/mol. The predicted octanol–water partition coefficient (Wildman–Crippen LogP) is 0.485. The fourth-order valence-corrected chi connectivity index (χ4v) is 1.86. The Labute approximate surface area is 104 Å². The van der Waals surface area contributed by atoms with Crippen molar-refractivity contribution < 1.29 is 9.90 Å². The van der Waals surface area contributed by atoms with E-state index >= 15 is 0 Å². The van der Waals surface area contributed by atoms with E-state index in [2.05, 4.69) is 0 Å². The van der Waals surface area contributed by atoms with Crippen molar-refractivity contribution in [1.82, 2.24) is 4.90 Å². The van der Waals surface area contributed by atoms with Crippen molar-refractivity contribution >= 4 is 5.97 Å². The molecule has 0 unspecified atom stereocenters. The lowest BCUT2D eigenvalue weighted by Crippen LogP contribution is -2.44. The van der Waals surface area contributed by atoms with Gasteiger partial charge in [0.25, 0.3) is 0 Å². The lowest BCUT2D eigenvalue weighted by Gasteiger charge is -2.29. The highest BCUT2D eigenvalue weighted by Crippen LogP contribution is 2.13. The first-order valence-electron chi connectivity index (χ1n) is 6.39. The molecule has 0 amide bonds. The maximum Gasteiger partial charge on any atom is 0.320 e. The maximum atomic E-state index is 11.3. The van der Waals surface area contributed by atoms with E-state index in [9.17, 15) is 9.90 Å². The SMILES string of the molecule is CC(C)C[C@@H](C(=O)O)N(CCCN)CCCN. The molecule has 0 saturated heterocycles. The molecule has 0 aliphatic carbocycles. The summed E-state index contributed by atoms with van der Waals surface area (Å²) in [7, 11) is 0. The summed E-state index contributed by atoms with van der Waals surface area (Å²) in [6.07, 6.45) is 2.32. The fourth-order valence-electron chi connectivity index (χ4n) is 1.86. The van der Waals surface area contributed by atoms with Crippen LogP contribution in [0, 0.1) is 5.92 Å². The van der Waals surface area contributed by atoms with Crippen molar-refractivity contribution in [2.24, 2.45) is 17.4 Å². The third-order valence-corrected chi connectivity index (χ3v) is 2.72. The number of aliphatic carboxylic acids is 1. The van der Waals surface area contributed by atoms with Gasteiger partial charge in [-0.25, -0.2) is 0 Å². The molecule has 0 aromatic carbocycles. The Morgan fingerprint density at radius 3 is 1.94 bits per heavy atom. The lowest BCUT2D eigenvalue weighted by molar-refractivity contribution is -0.144. The molecule has 0 aliphatic heterocycles. The molecule has 0 aromatic heterocycles. The van der Waals surface area contributed by atoms with E-state index in [0.29, 0.717) is 25.4 Å². The number of rotatable bonds is 10. The van der Waals surface area contributed by atoms with Gasteiger partial charge in [0.1, 0.15) is 6.04 Å². The van der Waals surface area contributed by atoms with Crippen LogP contribution in [0.2, 0.25) is 0 Å². The molecular weight excluding hydrogens is 218 g/mol. The van der Waals surface area contributed by atoms with Crippen LogP contribution in [0.25, 0.3) is 0 Å². The molecule has 0 saturated carbocycles. The summed E-state index contributed by atoms with van der Waals surface area (Å²) in [5, 5.41) is 9.29. The van der Waals surface area contributed by atoms with Gasteiger partial charge in [-0.3, -0.25) is 9.69 Å². The van der Waals surface area contributed by atoms with Crippen LogP contribution >= 0.6 is 0 Å². The average Bonchev–Trinajstić information content (AvgIpc) is 2.26. The van der Waals surface area contributed by atoms with Gasteiger partial charge < -0.3 is 16.6 Å². The Morgan fingerprint density at radius 2 is 1.65 bits per heavy atom. The van der Waals surface area contributed by atoms with Crippen LogP contribution in [-0.4, -0.2) is 48.2 Å². The number of hydrogen-bond acceptors (Lipinski definition) is 4. The first-order valence-corrected chi connectivity index (χ1v) is 6.39. The second-order valence-corrected chi connectivity index (χ2v) is 4.80. The van der Waals surface area contributed by atoms with Gasteiger partial charge in [-0.05, 0) is 38.3 Å². The van der Waals surface area contributed by atoms with Crippen molar-refractivity contribution in [2.75, 3.05) is 26.2 Å². The van der Waals surface area contributed by atoms with Gasteiger partial charge in [0, 0.05) is 13.1 Å². The van der Waals surface area contributed by atoms with Gasteiger partial charge >= 0.3 is 5.97 Å². The van der Waals surface area contributed by atoms with Crippen LogP contribution in [0.15, 0.2) is 0 Å². The Morgan fingerprint density at radius 1 is 1.18 bits per heavy atom. The normalized spacial score (nSPS) is 13.3. The van der Waals surface area contributed by atoms with E-state index in [1.165, 1.54) is 0 Å². The van der Waals surface area contributed by atoms with Crippen LogP contribution in [-0.2, 0) is 4.79 Å². The number of carboxylic acid groups (broad SMARTS) is 1. The molecule has 102 valence electrons. The first-order chi connectivity index (χ1) is 8.02. The van der Waals surface area contributed by atoms with Crippen molar-refractivity contribution in [3.8, 4) is 0 Å². The van der Waals surface area contributed by atoms with Crippen LogP contribution in [0.4, 0.5) is 0 Å². The van der Waals surface area contributed by atoms with E-state index in [4.69, 9.17) is 11.5 Å². The molecule has 17 heavy (non-hydrogen) atoms. The molecule has 0 bridgehead atoms. The molecule has 0 radical (unpaired) electrons. The smallest absolute Gasteiger partial charge is 0.320 e. The molecule has 0 rings (SSSR count). The monoisotopic (exact) mass is 245 g/mol. The second kappa shape index (κ2) is 9.39. The summed E-state index contributed by atoms with van der Waals surface area (Å²) in [6.45, 7) is 6.74. The highest BCUT2D eigenvalue weighted by atomic mass is 16.4. The third kappa shape index (κ3) is 7.31. The number of carbonyl (C=O) groups is 1. The molecule has 5 heteroatoms. The topological polar surface area (TPSA) is 92.6 Å². The minimum Gasteiger partial charge on any atom is -0.480 e. The quantitative estimate of drug-likeness (QED) is 0.521. The van der Waals surface area contributed by atoms with E-state index in [0.717, 1.165) is 25.9 Å². The summed E-state index contributed by atoms with van der Waals surface area (Å²) in [6, 6.07) is -0.409. The maximum absolute atomic E-state index is 11.3. The summed E-state index contributed by atoms with van der Waals surface area (Å²) in [5.41, 5.74) is 11.0. The second-order valence-electron chi connectivity index (χ2n) is 4.80. The van der Waals surface area contributed by atoms with Gasteiger partial charge in [-0.15, -0.1) is 0 Å².